The second-order valence-corrected chi connectivity index (χ2v) is 6.83. The number of benzene rings is 1. The molecule has 0 aromatic heterocycles. The average molecular weight is 283 g/mol. The SMILES string of the molecule is N#Cc1cc(CS(=O)(=O)C2CCOCC2)ccc1F. The molecule has 1 aliphatic heterocycles. The average Bonchev–Trinajstić information content (AvgIpc) is 2.42. The number of nitriles is 1. The van der Waals surface area contributed by atoms with Gasteiger partial charge in [0.05, 0.1) is 16.6 Å². The Hall–Kier alpha value is -1.45. The van der Waals surface area contributed by atoms with Crippen LogP contribution in [0.15, 0.2) is 18.2 Å². The molecule has 1 aliphatic rings. The van der Waals surface area contributed by atoms with Crippen LogP contribution in [0.5, 0.6) is 0 Å². The van der Waals surface area contributed by atoms with Crippen molar-refractivity contribution in [3.05, 3.63) is 35.1 Å². The Morgan fingerprint density at radius 3 is 2.68 bits per heavy atom. The van der Waals surface area contributed by atoms with Gasteiger partial charge in [0.1, 0.15) is 11.9 Å². The molecular weight excluding hydrogens is 269 g/mol. The molecule has 6 heteroatoms. The highest BCUT2D eigenvalue weighted by atomic mass is 32.2. The molecule has 0 amide bonds. The highest BCUT2D eigenvalue weighted by molar-refractivity contribution is 7.91. The van der Waals surface area contributed by atoms with E-state index in [2.05, 4.69) is 0 Å². The highest BCUT2D eigenvalue weighted by Crippen LogP contribution is 2.21. The first-order valence-electron chi connectivity index (χ1n) is 6.01. The van der Waals surface area contributed by atoms with Crippen LogP contribution in [0.4, 0.5) is 4.39 Å². The van der Waals surface area contributed by atoms with Crippen LogP contribution < -0.4 is 0 Å². The summed E-state index contributed by atoms with van der Waals surface area (Å²) in [6.45, 7) is 0.910. The first-order valence-corrected chi connectivity index (χ1v) is 7.72. The highest BCUT2D eigenvalue weighted by Gasteiger charge is 2.27. The molecule has 0 unspecified atom stereocenters. The van der Waals surface area contributed by atoms with Crippen molar-refractivity contribution in [2.75, 3.05) is 13.2 Å². The number of nitrogens with zero attached hydrogens (tertiary/aromatic N) is 1. The Kier molecular flexibility index (Phi) is 4.17. The second-order valence-electron chi connectivity index (χ2n) is 4.54. The molecule has 0 spiro atoms. The van der Waals surface area contributed by atoms with E-state index in [1.807, 2.05) is 0 Å². The predicted octanol–water partition coefficient (Wildman–Crippen LogP) is 1.79. The molecule has 2 rings (SSSR count). The summed E-state index contributed by atoms with van der Waals surface area (Å²) in [6, 6.07) is 5.55. The number of hydrogen-bond donors (Lipinski definition) is 0. The lowest BCUT2D eigenvalue weighted by Crippen LogP contribution is -2.29. The second kappa shape index (κ2) is 5.68. The van der Waals surface area contributed by atoms with Crippen molar-refractivity contribution in [2.24, 2.45) is 0 Å². The Morgan fingerprint density at radius 2 is 2.05 bits per heavy atom. The van der Waals surface area contributed by atoms with Crippen molar-refractivity contribution in [2.45, 2.75) is 23.8 Å². The summed E-state index contributed by atoms with van der Waals surface area (Å²) in [7, 11) is -3.29. The van der Waals surface area contributed by atoms with E-state index >= 15 is 0 Å². The van der Waals surface area contributed by atoms with Crippen LogP contribution in [-0.2, 0) is 20.3 Å². The zero-order valence-corrected chi connectivity index (χ0v) is 11.1. The van der Waals surface area contributed by atoms with Gasteiger partial charge in [0.2, 0.25) is 0 Å². The number of hydrogen-bond acceptors (Lipinski definition) is 4. The smallest absolute Gasteiger partial charge is 0.157 e. The summed E-state index contributed by atoms with van der Waals surface area (Å²) in [5.41, 5.74) is 0.323. The van der Waals surface area contributed by atoms with Crippen LogP contribution >= 0.6 is 0 Å². The first-order chi connectivity index (χ1) is 9.03. The molecule has 1 heterocycles. The van der Waals surface area contributed by atoms with Gasteiger partial charge in [-0.05, 0) is 30.5 Å². The fourth-order valence-electron chi connectivity index (χ4n) is 2.13. The molecule has 4 nitrogen and oxygen atoms in total. The van der Waals surface area contributed by atoms with Crippen LogP contribution in [0.3, 0.4) is 0 Å². The molecule has 0 saturated carbocycles. The fraction of sp³-hybridized carbons (Fsp3) is 0.462. The van der Waals surface area contributed by atoms with Gasteiger partial charge in [-0.15, -0.1) is 0 Å². The lowest BCUT2D eigenvalue weighted by atomic mass is 10.1. The minimum atomic E-state index is -3.29. The molecular formula is C13H14FNO3S. The summed E-state index contributed by atoms with van der Waals surface area (Å²) in [6.07, 6.45) is 0.989. The summed E-state index contributed by atoms with van der Waals surface area (Å²) in [5.74, 6) is -0.790. The molecule has 19 heavy (non-hydrogen) atoms. The molecule has 1 aromatic carbocycles. The monoisotopic (exact) mass is 283 g/mol. The lowest BCUT2D eigenvalue weighted by Gasteiger charge is -2.22. The van der Waals surface area contributed by atoms with E-state index in [1.54, 1.807) is 6.07 Å². The van der Waals surface area contributed by atoms with Gasteiger partial charge in [-0.2, -0.15) is 5.26 Å². The Bertz CT molecular complexity index is 601. The molecule has 0 N–H and O–H groups in total. The van der Waals surface area contributed by atoms with Gasteiger partial charge in [-0.1, -0.05) is 6.07 Å². The summed E-state index contributed by atoms with van der Waals surface area (Å²) in [4.78, 5) is 0. The predicted molar refractivity (Wildman–Crippen MR) is 67.6 cm³/mol. The van der Waals surface area contributed by atoms with E-state index in [1.165, 1.54) is 12.1 Å². The van der Waals surface area contributed by atoms with Gasteiger partial charge in [-0.3, -0.25) is 0 Å². The number of ether oxygens (including phenoxy) is 1. The number of halogens is 1. The van der Waals surface area contributed by atoms with Crippen LogP contribution in [0.2, 0.25) is 0 Å². The maximum absolute atomic E-state index is 13.2. The summed E-state index contributed by atoms with van der Waals surface area (Å²) >= 11 is 0. The van der Waals surface area contributed by atoms with Crippen molar-refractivity contribution in [3.8, 4) is 6.07 Å². The Morgan fingerprint density at radius 1 is 1.37 bits per heavy atom. The van der Waals surface area contributed by atoms with Crippen molar-refractivity contribution in [1.29, 1.82) is 5.26 Å². The van der Waals surface area contributed by atoms with E-state index < -0.39 is 20.9 Å². The van der Waals surface area contributed by atoms with Crippen molar-refractivity contribution in [3.63, 3.8) is 0 Å². The summed E-state index contributed by atoms with van der Waals surface area (Å²) < 4.78 is 42.7. The maximum Gasteiger partial charge on any atom is 0.157 e. The lowest BCUT2D eigenvalue weighted by molar-refractivity contribution is 0.0983. The first kappa shape index (κ1) is 14.0. The van der Waals surface area contributed by atoms with E-state index in [-0.39, 0.29) is 11.3 Å². The summed E-state index contributed by atoms with van der Waals surface area (Å²) in [5, 5.41) is 8.33. The topological polar surface area (TPSA) is 67.2 Å². The van der Waals surface area contributed by atoms with E-state index in [0.717, 1.165) is 6.07 Å². The molecule has 1 aromatic rings. The van der Waals surface area contributed by atoms with Crippen molar-refractivity contribution >= 4 is 9.84 Å². The quantitative estimate of drug-likeness (QED) is 0.848. The third kappa shape index (κ3) is 3.31. The standard InChI is InChI=1S/C13H14FNO3S/c14-13-2-1-10(7-11(13)8-15)9-19(16,17)12-3-5-18-6-4-12/h1-2,7,12H,3-6,9H2. The molecule has 102 valence electrons. The van der Waals surface area contributed by atoms with Crippen LogP contribution in [0, 0.1) is 17.1 Å². The van der Waals surface area contributed by atoms with E-state index in [9.17, 15) is 12.8 Å². The van der Waals surface area contributed by atoms with Crippen LogP contribution in [-0.4, -0.2) is 26.9 Å². The van der Waals surface area contributed by atoms with Crippen molar-refractivity contribution < 1.29 is 17.5 Å². The Labute approximate surface area is 111 Å². The van der Waals surface area contributed by atoms with E-state index in [0.29, 0.717) is 31.6 Å². The fourth-order valence-corrected chi connectivity index (χ4v) is 3.92. The van der Waals surface area contributed by atoms with Crippen LogP contribution in [0.1, 0.15) is 24.0 Å². The van der Waals surface area contributed by atoms with Gasteiger partial charge in [0, 0.05) is 13.2 Å². The zero-order chi connectivity index (χ0) is 13.9. The van der Waals surface area contributed by atoms with Gasteiger partial charge in [0.15, 0.2) is 9.84 Å². The number of sulfone groups is 1. The minimum Gasteiger partial charge on any atom is -0.381 e. The molecule has 0 aliphatic carbocycles. The normalized spacial score (nSPS) is 17.1. The molecule has 0 bridgehead atoms. The van der Waals surface area contributed by atoms with Crippen LogP contribution in [0.25, 0.3) is 0 Å². The molecule has 0 radical (unpaired) electrons. The van der Waals surface area contributed by atoms with Gasteiger partial charge < -0.3 is 4.74 Å². The zero-order valence-electron chi connectivity index (χ0n) is 10.3. The largest absolute Gasteiger partial charge is 0.381 e. The number of rotatable bonds is 3. The van der Waals surface area contributed by atoms with Gasteiger partial charge in [0.25, 0.3) is 0 Å². The third-order valence-electron chi connectivity index (χ3n) is 3.20. The maximum atomic E-state index is 13.2. The minimum absolute atomic E-state index is 0.125. The van der Waals surface area contributed by atoms with Gasteiger partial charge in [-0.25, -0.2) is 12.8 Å². The Balaban J connectivity index is 2.18. The van der Waals surface area contributed by atoms with Crippen molar-refractivity contribution in [1.82, 2.24) is 0 Å². The third-order valence-corrected chi connectivity index (χ3v) is 5.42. The molecule has 0 atom stereocenters. The van der Waals surface area contributed by atoms with Gasteiger partial charge >= 0.3 is 0 Å². The molecule has 1 fully saturated rings. The van der Waals surface area contributed by atoms with E-state index in [4.69, 9.17) is 10.00 Å². The molecule has 1 saturated heterocycles.